The fourth-order valence-electron chi connectivity index (χ4n) is 1.62. The fourth-order valence-corrected chi connectivity index (χ4v) is 1.81. The van der Waals surface area contributed by atoms with Crippen molar-refractivity contribution in [3.05, 3.63) is 53.1 Å². The first-order valence-electron chi connectivity index (χ1n) is 5.49. The van der Waals surface area contributed by atoms with E-state index in [9.17, 15) is 4.79 Å². The molecular formula is C14H13ClN2O. The molecule has 0 aromatic heterocycles. The van der Waals surface area contributed by atoms with Crippen LogP contribution in [0.5, 0.6) is 0 Å². The van der Waals surface area contributed by atoms with Crippen molar-refractivity contribution in [2.75, 3.05) is 11.1 Å². The lowest BCUT2D eigenvalue weighted by molar-refractivity contribution is 0.101. The van der Waals surface area contributed by atoms with Crippen molar-refractivity contribution in [3.8, 4) is 0 Å². The third-order valence-electron chi connectivity index (χ3n) is 2.56. The number of halogens is 1. The smallest absolute Gasteiger partial charge is 0.159 e. The van der Waals surface area contributed by atoms with Crippen molar-refractivity contribution >= 4 is 34.4 Å². The summed E-state index contributed by atoms with van der Waals surface area (Å²) in [7, 11) is 0. The number of nitrogen functional groups attached to an aromatic ring is 1. The van der Waals surface area contributed by atoms with E-state index < -0.39 is 0 Å². The van der Waals surface area contributed by atoms with Crippen LogP contribution in [0.25, 0.3) is 0 Å². The van der Waals surface area contributed by atoms with E-state index >= 15 is 0 Å². The van der Waals surface area contributed by atoms with E-state index in [0.29, 0.717) is 16.3 Å². The van der Waals surface area contributed by atoms with Crippen LogP contribution < -0.4 is 11.1 Å². The number of nitrogens with one attached hydrogen (secondary N) is 1. The molecular weight excluding hydrogens is 248 g/mol. The predicted octanol–water partition coefficient (Wildman–Crippen LogP) is 3.87. The van der Waals surface area contributed by atoms with Crippen molar-refractivity contribution in [3.63, 3.8) is 0 Å². The van der Waals surface area contributed by atoms with Crippen LogP contribution in [0.15, 0.2) is 42.5 Å². The maximum Gasteiger partial charge on any atom is 0.159 e. The van der Waals surface area contributed by atoms with Gasteiger partial charge in [-0.2, -0.15) is 0 Å². The summed E-state index contributed by atoms with van der Waals surface area (Å²) in [6, 6.07) is 12.5. The number of hydrogen-bond donors (Lipinski definition) is 2. The lowest BCUT2D eigenvalue weighted by Gasteiger charge is -2.10. The zero-order valence-electron chi connectivity index (χ0n) is 9.91. The average molecular weight is 261 g/mol. The highest BCUT2D eigenvalue weighted by atomic mass is 35.5. The van der Waals surface area contributed by atoms with Crippen molar-refractivity contribution in [1.29, 1.82) is 0 Å². The van der Waals surface area contributed by atoms with Gasteiger partial charge < -0.3 is 11.1 Å². The molecule has 4 heteroatoms. The number of anilines is 3. The molecule has 3 nitrogen and oxygen atoms in total. The first-order valence-corrected chi connectivity index (χ1v) is 5.87. The van der Waals surface area contributed by atoms with Gasteiger partial charge in [0.1, 0.15) is 0 Å². The molecule has 0 aliphatic carbocycles. The Balaban J connectivity index is 2.27. The number of carbonyl (C=O) groups is 1. The van der Waals surface area contributed by atoms with E-state index in [4.69, 9.17) is 17.3 Å². The maximum atomic E-state index is 11.2. The molecule has 0 heterocycles. The number of benzene rings is 2. The minimum atomic E-state index is -0.00370. The van der Waals surface area contributed by atoms with Crippen LogP contribution in [0.4, 0.5) is 17.1 Å². The van der Waals surface area contributed by atoms with Crippen molar-refractivity contribution < 1.29 is 4.79 Å². The summed E-state index contributed by atoms with van der Waals surface area (Å²) in [6.07, 6.45) is 0. The summed E-state index contributed by atoms with van der Waals surface area (Å²) in [4.78, 5) is 11.2. The number of rotatable bonds is 3. The molecule has 0 aliphatic heterocycles. The third kappa shape index (κ3) is 2.81. The van der Waals surface area contributed by atoms with Gasteiger partial charge in [-0.05, 0) is 43.3 Å². The highest BCUT2D eigenvalue weighted by Gasteiger charge is 2.04. The summed E-state index contributed by atoms with van der Waals surface area (Å²) < 4.78 is 0. The van der Waals surface area contributed by atoms with Crippen LogP contribution in [-0.4, -0.2) is 5.78 Å². The first kappa shape index (κ1) is 12.5. The van der Waals surface area contributed by atoms with E-state index in [1.54, 1.807) is 30.3 Å². The van der Waals surface area contributed by atoms with Gasteiger partial charge in [-0.25, -0.2) is 0 Å². The molecule has 92 valence electrons. The maximum absolute atomic E-state index is 11.2. The van der Waals surface area contributed by atoms with Crippen LogP contribution in [0, 0.1) is 0 Å². The predicted molar refractivity (Wildman–Crippen MR) is 75.6 cm³/mol. The number of Topliss-reactive ketones (excluding diaryl/α,β-unsaturated/α-hetero) is 1. The van der Waals surface area contributed by atoms with Gasteiger partial charge in [0, 0.05) is 16.3 Å². The topological polar surface area (TPSA) is 55.1 Å². The number of nitrogens with two attached hydrogens (primary N) is 1. The molecule has 0 saturated heterocycles. The van der Waals surface area contributed by atoms with Gasteiger partial charge in [-0.3, -0.25) is 4.79 Å². The van der Waals surface area contributed by atoms with Crippen molar-refractivity contribution in [2.45, 2.75) is 6.92 Å². The summed E-state index contributed by atoms with van der Waals surface area (Å²) in [5, 5.41) is 3.81. The van der Waals surface area contributed by atoms with E-state index in [0.717, 1.165) is 11.4 Å². The normalized spacial score (nSPS) is 10.1. The van der Waals surface area contributed by atoms with E-state index in [1.807, 2.05) is 12.1 Å². The van der Waals surface area contributed by atoms with Crippen LogP contribution in [0.2, 0.25) is 5.02 Å². The average Bonchev–Trinajstić information content (AvgIpc) is 2.31. The van der Waals surface area contributed by atoms with E-state index in [1.165, 1.54) is 6.92 Å². The molecule has 0 saturated carbocycles. The lowest BCUT2D eigenvalue weighted by Crippen LogP contribution is -1.99. The van der Waals surface area contributed by atoms with Gasteiger partial charge in [0.25, 0.3) is 0 Å². The molecule has 0 amide bonds. The highest BCUT2D eigenvalue weighted by Crippen LogP contribution is 2.25. The molecule has 0 fully saturated rings. The zero-order chi connectivity index (χ0) is 13.1. The second kappa shape index (κ2) is 5.10. The lowest BCUT2D eigenvalue weighted by atomic mass is 10.1. The molecule has 0 radical (unpaired) electrons. The standard InChI is InChI=1S/C14H13ClN2O/c1-9(18)10-5-6-14(13(16)7-10)17-12-4-2-3-11(15)8-12/h2-8,17H,16H2,1H3. The van der Waals surface area contributed by atoms with Crippen LogP contribution in [-0.2, 0) is 0 Å². The molecule has 2 aromatic rings. The molecule has 18 heavy (non-hydrogen) atoms. The van der Waals surface area contributed by atoms with Gasteiger partial charge in [0.2, 0.25) is 0 Å². The van der Waals surface area contributed by atoms with Crippen molar-refractivity contribution in [1.82, 2.24) is 0 Å². The highest BCUT2D eigenvalue weighted by molar-refractivity contribution is 6.30. The Morgan fingerprint density at radius 2 is 2.00 bits per heavy atom. The minimum absolute atomic E-state index is 0.00370. The third-order valence-corrected chi connectivity index (χ3v) is 2.80. The first-order chi connectivity index (χ1) is 8.56. The Morgan fingerprint density at radius 3 is 2.61 bits per heavy atom. The summed E-state index contributed by atoms with van der Waals surface area (Å²) >= 11 is 5.90. The number of ketones is 1. The molecule has 3 N–H and O–H groups in total. The number of carbonyl (C=O) groups excluding carboxylic acids is 1. The van der Waals surface area contributed by atoms with Gasteiger partial charge in [0.15, 0.2) is 5.78 Å². The monoisotopic (exact) mass is 260 g/mol. The Hall–Kier alpha value is -2.00. The summed E-state index contributed by atoms with van der Waals surface area (Å²) in [5.41, 5.74) is 8.63. The summed E-state index contributed by atoms with van der Waals surface area (Å²) in [6.45, 7) is 1.51. The summed E-state index contributed by atoms with van der Waals surface area (Å²) in [5.74, 6) is -0.00370. The molecule has 0 atom stereocenters. The largest absolute Gasteiger partial charge is 0.397 e. The second-order valence-corrected chi connectivity index (χ2v) is 4.43. The SMILES string of the molecule is CC(=O)c1ccc(Nc2cccc(Cl)c2)c(N)c1. The number of hydrogen-bond acceptors (Lipinski definition) is 3. The van der Waals surface area contributed by atoms with Gasteiger partial charge in [0.05, 0.1) is 11.4 Å². The molecule has 2 aromatic carbocycles. The zero-order valence-corrected chi connectivity index (χ0v) is 10.7. The van der Waals surface area contributed by atoms with Crippen LogP contribution in [0.3, 0.4) is 0 Å². The van der Waals surface area contributed by atoms with E-state index in [-0.39, 0.29) is 5.78 Å². The Morgan fingerprint density at radius 1 is 1.22 bits per heavy atom. The van der Waals surface area contributed by atoms with Crippen LogP contribution >= 0.6 is 11.6 Å². The minimum Gasteiger partial charge on any atom is -0.397 e. The Labute approximate surface area is 111 Å². The molecule has 0 bridgehead atoms. The van der Waals surface area contributed by atoms with Gasteiger partial charge in [-0.15, -0.1) is 0 Å². The molecule has 0 spiro atoms. The Kier molecular flexibility index (Phi) is 3.53. The molecule has 0 aliphatic rings. The molecule has 0 unspecified atom stereocenters. The van der Waals surface area contributed by atoms with Gasteiger partial charge in [-0.1, -0.05) is 17.7 Å². The van der Waals surface area contributed by atoms with Gasteiger partial charge >= 0.3 is 0 Å². The molecule has 2 rings (SSSR count). The van der Waals surface area contributed by atoms with E-state index in [2.05, 4.69) is 5.32 Å². The van der Waals surface area contributed by atoms with Crippen molar-refractivity contribution in [2.24, 2.45) is 0 Å². The quantitative estimate of drug-likeness (QED) is 0.651. The Bertz CT molecular complexity index is 596. The van der Waals surface area contributed by atoms with Crippen LogP contribution in [0.1, 0.15) is 17.3 Å². The fraction of sp³-hybridized carbons (Fsp3) is 0.0714. The second-order valence-electron chi connectivity index (χ2n) is 3.99.